The van der Waals surface area contributed by atoms with Gasteiger partial charge in [0.15, 0.2) is 9.84 Å². The van der Waals surface area contributed by atoms with E-state index in [1.165, 1.54) is 0 Å². The van der Waals surface area contributed by atoms with Crippen molar-refractivity contribution in [1.29, 1.82) is 0 Å². The molecule has 14 heavy (non-hydrogen) atoms. The molecule has 0 heterocycles. The number of Topliss-reactive ketones (excluding diaryl/α,β-unsaturated/α-hetero) is 1. The molecule has 84 valence electrons. The predicted octanol–water partition coefficient (Wildman–Crippen LogP) is 1.96. The second kappa shape index (κ2) is 4.91. The summed E-state index contributed by atoms with van der Waals surface area (Å²) in [4.78, 5) is 11.0. The molecule has 0 aromatic carbocycles. The van der Waals surface area contributed by atoms with Crippen molar-refractivity contribution in [2.75, 3.05) is 5.75 Å². The zero-order chi connectivity index (χ0) is 11.4. The molecule has 0 radical (unpaired) electrons. The van der Waals surface area contributed by atoms with Crippen LogP contribution in [0.25, 0.3) is 0 Å². The van der Waals surface area contributed by atoms with Gasteiger partial charge in [-0.15, -0.1) is 0 Å². The summed E-state index contributed by atoms with van der Waals surface area (Å²) < 4.78 is 22.5. The Balaban J connectivity index is 4.10. The molecule has 0 saturated carbocycles. The number of carbonyl (C=O) groups is 1. The Morgan fingerprint density at radius 3 is 2.07 bits per heavy atom. The number of rotatable bonds is 5. The highest BCUT2D eigenvalue weighted by atomic mass is 32.2. The van der Waals surface area contributed by atoms with Gasteiger partial charge in [-0.1, -0.05) is 6.92 Å². The van der Waals surface area contributed by atoms with Crippen LogP contribution in [-0.4, -0.2) is 24.7 Å². The molecule has 0 spiro atoms. The third kappa shape index (κ3) is 4.22. The summed E-state index contributed by atoms with van der Waals surface area (Å²) >= 11 is 0. The molecule has 0 fully saturated rings. The summed E-state index contributed by atoms with van der Waals surface area (Å²) in [6, 6.07) is 0. The first-order valence-electron chi connectivity index (χ1n) is 4.94. The molecular weight excluding hydrogens is 200 g/mol. The van der Waals surface area contributed by atoms with Crippen LogP contribution in [0.15, 0.2) is 0 Å². The second-order valence-electron chi connectivity index (χ2n) is 4.43. The number of sulfone groups is 1. The SMILES string of the molecule is CCC(=O)CCCS(=O)(=O)C(C)(C)C. The Labute approximate surface area is 86.8 Å². The van der Waals surface area contributed by atoms with Crippen molar-refractivity contribution in [3.8, 4) is 0 Å². The lowest BCUT2D eigenvalue weighted by molar-refractivity contribution is -0.118. The average Bonchev–Trinajstić information content (AvgIpc) is 2.01. The molecule has 0 saturated heterocycles. The highest BCUT2D eigenvalue weighted by Gasteiger charge is 2.28. The molecule has 0 N–H and O–H groups in total. The molecule has 0 bridgehead atoms. The Bertz CT molecular complexity index is 283. The van der Waals surface area contributed by atoms with Crippen LogP contribution in [0.2, 0.25) is 0 Å². The van der Waals surface area contributed by atoms with Crippen LogP contribution in [0, 0.1) is 0 Å². The Morgan fingerprint density at radius 2 is 1.71 bits per heavy atom. The topological polar surface area (TPSA) is 51.2 Å². The molecule has 3 nitrogen and oxygen atoms in total. The van der Waals surface area contributed by atoms with Crippen molar-refractivity contribution in [2.24, 2.45) is 0 Å². The third-order valence-electron chi connectivity index (χ3n) is 2.20. The van der Waals surface area contributed by atoms with Gasteiger partial charge in [0.2, 0.25) is 0 Å². The first kappa shape index (κ1) is 13.6. The van der Waals surface area contributed by atoms with Crippen LogP contribution in [0.1, 0.15) is 47.0 Å². The van der Waals surface area contributed by atoms with E-state index in [2.05, 4.69) is 0 Å². The van der Waals surface area contributed by atoms with E-state index in [1.807, 2.05) is 0 Å². The smallest absolute Gasteiger partial charge is 0.155 e. The van der Waals surface area contributed by atoms with E-state index in [-0.39, 0.29) is 11.5 Å². The average molecular weight is 220 g/mol. The lowest BCUT2D eigenvalue weighted by atomic mass is 10.2. The van der Waals surface area contributed by atoms with Gasteiger partial charge in [-0.05, 0) is 27.2 Å². The van der Waals surface area contributed by atoms with Gasteiger partial charge in [0.05, 0.1) is 10.5 Å². The fourth-order valence-electron chi connectivity index (χ4n) is 0.942. The predicted molar refractivity (Wildman–Crippen MR) is 58.1 cm³/mol. The standard InChI is InChI=1S/C10H20O3S/c1-5-9(11)7-6-8-14(12,13)10(2,3)4/h5-8H2,1-4H3. The molecule has 0 aromatic heterocycles. The van der Waals surface area contributed by atoms with E-state index in [4.69, 9.17) is 0 Å². The van der Waals surface area contributed by atoms with E-state index >= 15 is 0 Å². The van der Waals surface area contributed by atoms with Gasteiger partial charge in [-0.3, -0.25) is 4.79 Å². The Morgan fingerprint density at radius 1 is 1.21 bits per heavy atom. The quantitative estimate of drug-likeness (QED) is 0.711. The van der Waals surface area contributed by atoms with Gasteiger partial charge >= 0.3 is 0 Å². The Kier molecular flexibility index (Phi) is 4.78. The summed E-state index contributed by atoms with van der Waals surface area (Å²) in [7, 11) is -3.05. The van der Waals surface area contributed by atoms with Crippen LogP contribution >= 0.6 is 0 Å². The third-order valence-corrected chi connectivity index (χ3v) is 4.89. The molecule has 0 aliphatic carbocycles. The van der Waals surface area contributed by atoms with Gasteiger partial charge < -0.3 is 0 Å². The van der Waals surface area contributed by atoms with E-state index in [0.29, 0.717) is 19.3 Å². The second-order valence-corrected chi connectivity index (χ2v) is 7.29. The molecule has 0 atom stereocenters. The van der Waals surface area contributed by atoms with E-state index < -0.39 is 14.6 Å². The molecule has 0 aliphatic rings. The number of carbonyl (C=O) groups excluding carboxylic acids is 1. The zero-order valence-corrected chi connectivity index (χ0v) is 10.3. The lowest BCUT2D eigenvalue weighted by Crippen LogP contribution is -2.30. The number of hydrogen-bond donors (Lipinski definition) is 0. The maximum Gasteiger partial charge on any atom is 0.155 e. The van der Waals surface area contributed by atoms with Crippen LogP contribution in [-0.2, 0) is 14.6 Å². The normalized spacial score (nSPS) is 12.9. The van der Waals surface area contributed by atoms with Crippen molar-refractivity contribution in [3.05, 3.63) is 0 Å². The Hall–Kier alpha value is -0.380. The van der Waals surface area contributed by atoms with Crippen LogP contribution in [0.4, 0.5) is 0 Å². The van der Waals surface area contributed by atoms with Crippen LogP contribution < -0.4 is 0 Å². The van der Waals surface area contributed by atoms with Gasteiger partial charge in [-0.25, -0.2) is 8.42 Å². The molecule has 0 aromatic rings. The summed E-state index contributed by atoms with van der Waals surface area (Å²) in [6.07, 6.45) is 1.33. The minimum Gasteiger partial charge on any atom is -0.300 e. The van der Waals surface area contributed by atoms with Crippen molar-refractivity contribution < 1.29 is 13.2 Å². The minimum absolute atomic E-state index is 0.113. The van der Waals surface area contributed by atoms with E-state index in [9.17, 15) is 13.2 Å². The molecular formula is C10H20O3S. The monoisotopic (exact) mass is 220 g/mol. The van der Waals surface area contributed by atoms with Crippen LogP contribution in [0.5, 0.6) is 0 Å². The first-order valence-corrected chi connectivity index (χ1v) is 6.60. The fourth-order valence-corrected chi connectivity index (χ4v) is 2.08. The summed E-state index contributed by atoms with van der Waals surface area (Å²) in [5.41, 5.74) is 0. The van der Waals surface area contributed by atoms with Crippen molar-refractivity contribution in [2.45, 2.75) is 51.7 Å². The molecule has 0 amide bonds. The van der Waals surface area contributed by atoms with Gasteiger partial charge in [0, 0.05) is 12.8 Å². The summed E-state index contributed by atoms with van der Waals surface area (Å²) in [6.45, 7) is 6.85. The molecule has 0 unspecified atom stereocenters. The van der Waals surface area contributed by atoms with Crippen molar-refractivity contribution >= 4 is 15.6 Å². The van der Waals surface area contributed by atoms with Gasteiger partial charge in [-0.2, -0.15) is 0 Å². The maximum atomic E-state index is 11.6. The first-order chi connectivity index (χ1) is 6.20. The highest BCUT2D eigenvalue weighted by molar-refractivity contribution is 7.92. The van der Waals surface area contributed by atoms with Crippen molar-refractivity contribution in [3.63, 3.8) is 0 Å². The lowest BCUT2D eigenvalue weighted by Gasteiger charge is -2.18. The van der Waals surface area contributed by atoms with Crippen molar-refractivity contribution in [1.82, 2.24) is 0 Å². The van der Waals surface area contributed by atoms with E-state index in [0.717, 1.165) is 0 Å². The number of hydrogen-bond acceptors (Lipinski definition) is 3. The minimum atomic E-state index is -3.05. The highest BCUT2D eigenvalue weighted by Crippen LogP contribution is 2.17. The largest absolute Gasteiger partial charge is 0.300 e. The maximum absolute atomic E-state index is 11.6. The van der Waals surface area contributed by atoms with E-state index in [1.54, 1.807) is 27.7 Å². The van der Waals surface area contributed by atoms with Gasteiger partial charge in [0.1, 0.15) is 5.78 Å². The summed E-state index contributed by atoms with van der Waals surface area (Å²) in [5.74, 6) is 0.247. The molecule has 4 heteroatoms. The number of ketones is 1. The van der Waals surface area contributed by atoms with Crippen LogP contribution in [0.3, 0.4) is 0 Å². The fraction of sp³-hybridized carbons (Fsp3) is 0.900. The summed E-state index contributed by atoms with van der Waals surface area (Å²) in [5, 5.41) is 0. The molecule has 0 rings (SSSR count). The molecule has 0 aliphatic heterocycles. The zero-order valence-electron chi connectivity index (χ0n) is 9.46. The van der Waals surface area contributed by atoms with Gasteiger partial charge in [0.25, 0.3) is 0 Å².